The number of halogens is 1. The molecule has 0 atom stereocenters. The summed E-state index contributed by atoms with van der Waals surface area (Å²) in [6.45, 7) is 2.52. The van der Waals surface area contributed by atoms with E-state index >= 15 is 0 Å². The molecule has 0 aliphatic heterocycles. The van der Waals surface area contributed by atoms with Crippen LogP contribution in [0.25, 0.3) is 0 Å². The first-order valence-electron chi connectivity index (χ1n) is 6.28. The Balaban J connectivity index is 2.23. The SMILES string of the molecule is Cc1c(F)cc(C#N)cc1NC(=O)c1cn(CCN)cn1. The molecule has 1 aromatic heterocycles. The molecule has 1 heterocycles. The van der Waals surface area contributed by atoms with Gasteiger partial charge in [-0.2, -0.15) is 5.26 Å². The maximum absolute atomic E-state index is 13.6. The van der Waals surface area contributed by atoms with Gasteiger partial charge in [-0.3, -0.25) is 4.79 Å². The molecule has 108 valence electrons. The van der Waals surface area contributed by atoms with Crippen molar-refractivity contribution in [3.8, 4) is 6.07 Å². The Labute approximate surface area is 121 Å². The highest BCUT2D eigenvalue weighted by Gasteiger charge is 2.13. The summed E-state index contributed by atoms with van der Waals surface area (Å²) in [4.78, 5) is 16.0. The second-order valence-electron chi connectivity index (χ2n) is 4.48. The summed E-state index contributed by atoms with van der Waals surface area (Å²) < 4.78 is 15.3. The van der Waals surface area contributed by atoms with Gasteiger partial charge in [0.05, 0.1) is 18.0 Å². The number of carbonyl (C=O) groups is 1. The normalized spacial score (nSPS) is 10.2. The first-order valence-corrected chi connectivity index (χ1v) is 6.28. The standard InChI is InChI=1S/C14H14FN5O/c1-9-11(15)4-10(6-17)5-12(9)19-14(21)13-7-20(3-2-16)8-18-13/h4-5,7-8H,2-3,16H2,1H3,(H,19,21). The first-order chi connectivity index (χ1) is 10.0. The van der Waals surface area contributed by atoms with E-state index in [2.05, 4.69) is 10.3 Å². The van der Waals surface area contributed by atoms with E-state index in [1.54, 1.807) is 10.8 Å². The average molecular weight is 287 g/mol. The predicted molar refractivity (Wildman–Crippen MR) is 75.1 cm³/mol. The van der Waals surface area contributed by atoms with E-state index in [4.69, 9.17) is 11.0 Å². The molecule has 0 radical (unpaired) electrons. The van der Waals surface area contributed by atoms with E-state index in [0.29, 0.717) is 13.1 Å². The van der Waals surface area contributed by atoms with Crippen LogP contribution in [-0.2, 0) is 6.54 Å². The largest absolute Gasteiger partial charge is 0.335 e. The number of carbonyl (C=O) groups excluding carboxylic acids is 1. The van der Waals surface area contributed by atoms with Crippen LogP contribution in [0.1, 0.15) is 21.6 Å². The Hall–Kier alpha value is -2.72. The maximum Gasteiger partial charge on any atom is 0.275 e. The van der Waals surface area contributed by atoms with Gasteiger partial charge in [0.1, 0.15) is 11.5 Å². The Morgan fingerprint density at radius 2 is 2.33 bits per heavy atom. The van der Waals surface area contributed by atoms with Crippen molar-refractivity contribution in [2.24, 2.45) is 5.73 Å². The number of nitriles is 1. The number of nitrogens with one attached hydrogen (secondary N) is 1. The summed E-state index contributed by atoms with van der Waals surface area (Å²) in [5.41, 5.74) is 6.28. The van der Waals surface area contributed by atoms with Crippen molar-refractivity contribution in [2.75, 3.05) is 11.9 Å². The summed E-state index contributed by atoms with van der Waals surface area (Å²) >= 11 is 0. The van der Waals surface area contributed by atoms with Crippen LogP contribution in [0.15, 0.2) is 24.7 Å². The van der Waals surface area contributed by atoms with E-state index in [-0.39, 0.29) is 22.5 Å². The Kier molecular flexibility index (Phi) is 4.30. The van der Waals surface area contributed by atoms with Crippen LogP contribution in [-0.4, -0.2) is 22.0 Å². The molecule has 21 heavy (non-hydrogen) atoms. The maximum atomic E-state index is 13.6. The van der Waals surface area contributed by atoms with E-state index in [9.17, 15) is 9.18 Å². The van der Waals surface area contributed by atoms with Crippen molar-refractivity contribution in [3.05, 3.63) is 47.3 Å². The molecule has 1 aromatic carbocycles. The summed E-state index contributed by atoms with van der Waals surface area (Å²) in [6.07, 6.45) is 3.06. The zero-order chi connectivity index (χ0) is 15.4. The van der Waals surface area contributed by atoms with Crippen molar-refractivity contribution >= 4 is 11.6 Å². The van der Waals surface area contributed by atoms with Crippen LogP contribution in [0.3, 0.4) is 0 Å². The highest BCUT2D eigenvalue weighted by Crippen LogP contribution is 2.21. The number of hydrogen-bond donors (Lipinski definition) is 2. The number of nitrogens with two attached hydrogens (primary N) is 1. The van der Waals surface area contributed by atoms with E-state index < -0.39 is 11.7 Å². The van der Waals surface area contributed by atoms with Gasteiger partial charge in [-0.25, -0.2) is 9.37 Å². The first kappa shape index (κ1) is 14.7. The molecule has 6 nitrogen and oxygen atoms in total. The number of hydrogen-bond acceptors (Lipinski definition) is 4. The van der Waals surface area contributed by atoms with Crippen molar-refractivity contribution in [1.82, 2.24) is 9.55 Å². The zero-order valence-corrected chi connectivity index (χ0v) is 11.4. The molecule has 7 heteroatoms. The Morgan fingerprint density at radius 3 is 3.00 bits per heavy atom. The summed E-state index contributed by atoms with van der Waals surface area (Å²) in [5, 5.41) is 11.4. The number of nitrogens with zero attached hydrogens (tertiary/aromatic N) is 3. The van der Waals surface area contributed by atoms with Gasteiger partial charge in [-0.15, -0.1) is 0 Å². The number of amides is 1. The van der Waals surface area contributed by atoms with Gasteiger partial charge >= 0.3 is 0 Å². The lowest BCUT2D eigenvalue weighted by molar-refractivity contribution is 0.102. The highest BCUT2D eigenvalue weighted by molar-refractivity contribution is 6.03. The van der Waals surface area contributed by atoms with Crippen LogP contribution in [0.2, 0.25) is 0 Å². The molecule has 0 unspecified atom stereocenters. The van der Waals surface area contributed by atoms with Gasteiger partial charge in [0.15, 0.2) is 0 Å². The minimum atomic E-state index is -0.544. The van der Waals surface area contributed by atoms with Gasteiger partial charge < -0.3 is 15.6 Å². The molecule has 1 amide bonds. The lowest BCUT2D eigenvalue weighted by Crippen LogP contribution is -2.14. The Morgan fingerprint density at radius 1 is 1.57 bits per heavy atom. The number of anilines is 1. The monoisotopic (exact) mass is 287 g/mol. The van der Waals surface area contributed by atoms with Gasteiger partial charge in [0.2, 0.25) is 0 Å². The predicted octanol–water partition coefficient (Wildman–Crippen LogP) is 1.41. The fourth-order valence-corrected chi connectivity index (χ4v) is 1.81. The van der Waals surface area contributed by atoms with Gasteiger partial charge in [0.25, 0.3) is 5.91 Å². The van der Waals surface area contributed by atoms with Gasteiger partial charge in [-0.05, 0) is 19.1 Å². The number of benzene rings is 1. The molecule has 3 N–H and O–H groups in total. The van der Waals surface area contributed by atoms with Crippen LogP contribution in [0.5, 0.6) is 0 Å². The molecule has 0 fully saturated rings. The fraction of sp³-hybridized carbons (Fsp3) is 0.214. The summed E-state index contributed by atoms with van der Waals surface area (Å²) in [7, 11) is 0. The molecule has 0 aliphatic rings. The lowest BCUT2D eigenvalue weighted by atomic mass is 10.1. The molecule has 2 rings (SSSR count). The molecular formula is C14H14FN5O. The third kappa shape index (κ3) is 3.24. The smallest absolute Gasteiger partial charge is 0.275 e. The van der Waals surface area contributed by atoms with Crippen molar-refractivity contribution < 1.29 is 9.18 Å². The second-order valence-corrected chi connectivity index (χ2v) is 4.48. The topological polar surface area (TPSA) is 96.7 Å². The minimum absolute atomic E-state index is 0.141. The minimum Gasteiger partial charge on any atom is -0.335 e. The summed E-state index contributed by atoms with van der Waals surface area (Å²) in [6, 6.07) is 4.39. The molecular weight excluding hydrogens is 273 g/mol. The number of imidazole rings is 1. The third-order valence-electron chi connectivity index (χ3n) is 2.97. The van der Waals surface area contributed by atoms with Crippen molar-refractivity contribution in [2.45, 2.75) is 13.5 Å². The van der Waals surface area contributed by atoms with Gasteiger partial charge in [-0.1, -0.05) is 0 Å². The van der Waals surface area contributed by atoms with Crippen LogP contribution < -0.4 is 11.1 Å². The molecule has 0 spiro atoms. The second kappa shape index (κ2) is 6.15. The van der Waals surface area contributed by atoms with Crippen LogP contribution in [0.4, 0.5) is 10.1 Å². The van der Waals surface area contributed by atoms with E-state index in [1.165, 1.54) is 19.3 Å². The van der Waals surface area contributed by atoms with Crippen LogP contribution >= 0.6 is 0 Å². The molecule has 0 saturated heterocycles. The van der Waals surface area contributed by atoms with E-state index in [0.717, 1.165) is 6.07 Å². The molecule has 0 bridgehead atoms. The number of aromatic nitrogens is 2. The molecule has 0 saturated carbocycles. The fourth-order valence-electron chi connectivity index (χ4n) is 1.81. The Bertz CT molecular complexity index is 717. The zero-order valence-electron chi connectivity index (χ0n) is 11.4. The average Bonchev–Trinajstić information content (AvgIpc) is 2.92. The highest BCUT2D eigenvalue weighted by atomic mass is 19.1. The molecule has 2 aromatic rings. The van der Waals surface area contributed by atoms with Crippen LogP contribution in [0, 0.1) is 24.1 Å². The summed E-state index contributed by atoms with van der Waals surface area (Å²) in [5.74, 6) is -1.01. The lowest BCUT2D eigenvalue weighted by Gasteiger charge is -2.08. The van der Waals surface area contributed by atoms with E-state index in [1.807, 2.05) is 6.07 Å². The number of rotatable bonds is 4. The van der Waals surface area contributed by atoms with Gasteiger partial charge in [0, 0.05) is 30.5 Å². The third-order valence-corrected chi connectivity index (χ3v) is 2.97. The van der Waals surface area contributed by atoms with Crippen molar-refractivity contribution in [1.29, 1.82) is 5.26 Å². The van der Waals surface area contributed by atoms with Crippen molar-refractivity contribution in [3.63, 3.8) is 0 Å². The molecule has 0 aliphatic carbocycles. The quantitative estimate of drug-likeness (QED) is 0.888.